The van der Waals surface area contributed by atoms with Crippen molar-refractivity contribution >= 4 is 46.4 Å². The van der Waals surface area contributed by atoms with E-state index in [1.54, 1.807) is 6.07 Å². The highest BCUT2D eigenvalue weighted by molar-refractivity contribution is 6.34. The maximum absolute atomic E-state index is 13.1. The van der Waals surface area contributed by atoms with Crippen molar-refractivity contribution in [1.82, 2.24) is 0 Å². The van der Waals surface area contributed by atoms with Crippen LogP contribution in [0, 0.1) is 19.7 Å². The Balaban J connectivity index is 1.99. The Morgan fingerprint density at radius 2 is 1.67 bits per heavy atom. The first-order valence-electron chi connectivity index (χ1n) is 7.08. The summed E-state index contributed by atoms with van der Waals surface area (Å²) in [4.78, 5) is 23.9. The molecule has 2 rings (SSSR count). The zero-order valence-corrected chi connectivity index (χ0v) is 14.6. The van der Waals surface area contributed by atoms with E-state index in [0.29, 0.717) is 16.4 Å². The monoisotopic (exact) mass is 368 g/mol. The number of halogens is 3. The average Bonchev–Trinajstić information content (AvgIpc) is 2.46. The largest absolute Gasteiger partial charge is 0.326 e. The standard InChI is InChI=1S/C17H15Cl2FN2O2/c1-9-5-10(2)17(13(19)6-9)22-16(24)8-15(23)21-11-3-4-14(20)12(18)7-11/h3-7H,8H2,1-2H3,(H,21,23)(H,22,24). The fraction of sp³-hybridized carbons (Fsp3) is 0.176. The van der Waals surface area contributed by atoms with Gasteiger partial charge in [-0.05, 0) is 49.2 Å². The minimum absolute atomic E-state index is 0.112. The van der Waals surface area contributed by atoms with Crippen molar-refractivity contribution in [3.8, 4) is 0 Å². The third-order valence-electron chi connectivity index (χ3n) is 3.22. The molecule has 0 aliphatic carbocycles. The van der Waals surface area contributed by atoms with Crippen molar-refractivity contribution in [2.24, 2.45) is 0 Å². The SMILES string of the molecule is Cc1cc(C)c(NC(=O)CC(=O)Nc2ccc(F)c(Cl)c2)c(Cl)c1. The molecule has 0 aliphatic rings. The maximum Gasteiger partial charge on any atom is 0.233 e. The van der Waals surface area contributed by atoms with Gasteiger partial charge in [0.15, 0.2) is 0 Å². The van der Waals surface area contributed by atoms with Crippen LogP contribution < -0.4 is 10.6 Å². The van der Waals surface area contributed by atoms with Crippen LogP contribution in [0.3, 0.4) is 0 Å². The van der Waals surface area contributed by atoms with Gasteiger partial charge in [-0.1, -0.05) is 29.3 Å². The Labute approximate surface area is 149 Å². The zero-order valence-electron chi connectivity index (χ0n) is 13.0. The predicted molar refractivity (Wildman–Crippen MR) is 94.2 cm³/mol. The number of aryl methyl sites for hydroxylation is 2. The van der Waals surface area contributed by atoms with Crippen molar-refractivity contribution in [3.63, 3.8) is 0 Å². The first-order valence-corrected chi connectivity index (χ1v) is 7.83. The highest BCUT2D eigenvalue weighted by Crippen LogP contribution is 2.27. The molecule has 0 heterocycles. The fourth-order valence-electron chi connectivity index (χ4n) is 2.18. The van der Waals surface area contributed by atoms with Crippen LogP contribution in [0.15, 0.2) is 30.3 Å². The van der Waals surface area contributed by atoms with Gasteiger partial charge in [0.2, 0.25) is 11.8 Å². The van der Waals surface area contributed by atoms with E-state index < -0.39 is 24.1 Å². The van der Waals surface area contributed by atoms with E-state index in [4.69, 9.17) is 23.2 Å². The number of rotatable bonds is 4. The number of anilines is 2. The van der Waals surface area contributed by atoms with Crippen LogP contribution in [0.4, 0.5) is 15.8 Å². The topological polar surface area (TPSA) is 58.2 Å². The number of hydrogen-bond donors (Lipinski definition) is 2. The molecular formula is C17H15Cl2FN2O2. The van der Waals surface area contributed by atoms with E-state index in [0.717, 1.165) is 17.2 Å². The summed E-state index contributed by atoms with van der Waals surface area (Å²) < 4.78 is 13.1. The van der Waals surface area contributed by atoms with E-state index in [-0.39, 0.29) is 5.02 Å². The lowest BCUT2D eigenvalue weighted by Gasteiger charge is -2.12. The molecule has 2 N–H and O–H groups in total. The second kappa shape index (κ2) is 7.64. The quantitative estimate of drug-likeness (QED) is 0.767. The Morgan fingerprint density at radius 1 is 1.00 bits per heavy atom. The number of carbonyl (C=O) groups is 2. The van der Waals surface area contributed by atoms with Crippen molar-refractivity contribution in [3.05, 3.63) is 57.3 Å². The summed E-state index contributed by atoms with van der Waals surface area (Å²) in [6.45, 7) is 3.71. The van der Waals surface area contributed by atoms with E-state index in [2.05, 4.69) is 10.6 Å². The average molecular weight is 369 g/mol. The van der Waals surface area contributed by atoms with Crippen molar-refractivity contribution < 1.29 is 14.0 Å². The third-order valence-corrected chi connectivity index (χ3v) is 3.81. The summed E-state index contributed by atoms with van der Waals surface area (Å²) in [6, 6.07) is 7.37. The summed E-state index contributed by atoms with van der Waals surface area (Å²) in [5, 5.41) is 5.40. The zero-order chi connectivity index (χ0) is 17.9. The molecule has 126 valence electrons. The van der Waals surface area contributed by atoms with Gasteiger partial charge in [-0.25, -0.2) is 4.39 Å². The van der Waals surface area contributed by atoms with Gasteiger partial charge in [0.25, 0.3) is 0 Å². The molecule has 4 nitrogen and oxygen atoms in total. The summed E-state index contributed by atoms with van der Waals surface area (Å²) in [6.07, 6.45) is -0.404. The van der Waals surface area contributed by atoms with Gasteiger partial charge in [0.05, 0.1) is 15.7 Å². The Morgan fingerprint density at radius 3 is 2.29 bits per heavy atom. The summed E-state index contributed by atoms with van der Waals surface area (Å²) in [5.41, 5.74) is 2.56. The van der Waals surface area contributed by atoms with Gasteiger partial charge in [-0.15, -0.1) is 0 Å². The third kappa shape index (κ3) is 4.69. The molecule has 0 saturated carbocycles. The van der Waals surface area contributed by atoms with E-state index in [9.17, 15) is 14.0 Å². The first kappa shape index (κ1) is 18.2. The van der Waals surface area contributed by atoms with Gasteiger partial charge < -0.3 is 10.6 Å². The molecule has 0 fully saturated rings. The molecule has 0 aliphatic heterocycles. The molecule has 0 bridgehead atoms. The van der Waals surface area contributed by atoms with E-state index >= 15 is 0 Å². The Hall–Kier alpha value is -2.11. The number of benzene rings is 2. The minimum atomic E-state index is -0.586. The van der Waals surface area contributed by atoms with E-state index in [1.807, 2.05) is 19.9 Å². The first-order chi connectivity index (χ1) is 11.3. The number of hydrogen-bond acceptors (Lipinski definition) is 2. The van der Waals surface area contributed by atoms with Crippen LogP contribution in [0.5, 0.6) is 0 Å². The van der Waals surface area contributed by atoms with Crippen LogP contribution in [0.25, 0.3) is 0 Å². The lowest BCUT2D eigenvalue weighted by molar-refractivity contribution is -0.123. The van der Waals surface area contributed by atoms with Gasteiger partial charge in [0, 0.05) is 5.69 Å². The predicted octanol–water partition coefficient (Wildman–Crippen LogP) is 4.72. The molecule has 24 heavy (non-hydrogen) atoms. The molecule has 0 unspecified atom stereocenters. The van der Waals surface area contributed by atoms with Crippen LogP contribution in [0.1, 0.15) is 17.5 Å². The molecule has 0 spiro atoms. The Kier molecular flexibility index (Phi) is 5.80. The molecule has 2 aromatic rings. The van der Waals surface area contributed by atoms with Crippen molar-refractivity contribution in [2.75, 3.05) is 10.6 Å². The van der Waals surface area contributed by atoms with Crippen LogP contribution in [0.2, 0.25) is 10.0 Å². The van der Waals surface area contributed by atoms with Gasteiger partial charge in [-0.3, -0.25) is 9.59 Å². The highest BCUT2D eigenvalue weighted by atomic mass is 35.5. The van der Waals surface area contributed by atoms with E-state index in [1.165, 1.54) is 12.1 Å². The molecule has 0 saturated heterocycles. The van der Waals surface area contributed by atoms with Crippen LogP contribution in [-0.4, -0.2) is 11.8 Å². The second-order valence-electron chi connectivity index (χ2n) is 5.34. The lowest BCUT2D eigenvalue weighted by Crippen LogP contribution is -2.22. The minimum Gasteiger partial charge on any atom is -0.326 e. The van der Waals surface area contributed by atoms with Crippen molar-refractivity contribution in [1.29, 1.82) is 0 Å². The molecule has 2 amide bonds. The molecule has 7 heteroatoms. The molecule has 0 atom stereocenters. The highest BCUT2D eigenvalue weighted by Gasteiger charge is 2.14. The van der Waals surface area contributed by atoms with Gasteiger partial charge in [0.1, 0.15) is 12.2 Å². The molecule has 0 radical (unpaired) electrons. The number of amides is 2. The number of nitrogens with one attached hydrogen (secondary N) is 2. The van der Waals surface area contributed by atoms with Gasteiger partial charge >= 0.3 is 0 Å². The Bertz CT molecular complexity index is 786. The molecule has 0 aromatic heterocycles. The molecule has 2 aromatic carbocycles. The van der Waals surface area contributed by atoms with Crippen molar-refractivity contribution in [2.45, 2.75) is 20.3 Å². The normalized spacial score (nSPS) is 10.4. The summed E-state index contributed by atoms with van der Waals surface area (Å²) in [5.74, 6) is -1.64. The van der Waals surface area contributed by atoms with Crippen LogP contribution >= 0.6 is 23.2 Å². The summed E-state index contributed by atoms with van der Waals surface area (Å²) >= 11 is 11.7. The molecular weight excluding hydrogens is 354 g/mol. The number of carbonyl (C=O) groups excluding carboxylic acids is 2. The van der Waals surface area contributed by atoms with Gasteiger partial charge in [-0.2, -0.15) is 0 Å². The fourth-order valence-corrected chi connectivity index (χ4v) is 2.73. The maximum atomic E-state index is 13.1. The van der Waals surface area contributed by atoms with Crippen LogP contribution in [-0.2, 0) is 9.59 Å². The lowest BCUT2D eigenvalue weighted by atomic mass is 10.1. The summed E-state index contributed by atoms with van der Waals surface area (Å²) in [7, 11) is 0. The smallest absolute Gasteiger partial charge is 0.233 e. The second-order valence-corrected chi connectivity index (χ2v) is 6.16.